The van der Waals surface area contributed by atoms with Crippen molar-refractivity contribution < 1.29 is 49.0 Å². The fourth-order valence-electron chi connectivity index (χ4n) is 5.54. The third kappa shape index (κ3) is 6.60. The van der Waals surface area contributed by atoms with Crippen LogP contribution in [0.2, 0.25) is 0 Å². The van der Waals surface area contributed by atoms with E-state index in [-0.39, 0.29) is 18.7 Å². The first kappa shape index (κ1) is 31.8. The van der Waals surface area contributed by atoms with Gasteiger partial charge >= 0.3 is 12.1 Å². The van der Waals surface area contributed by atoms with E-state index >= 15 is 0 Å². The molecule has 0 spiro atoms. The van der Waals surface area contributed by atoms with Gasteiger partial charge in [-0.3, -0.25) is 9.36 Å². The zero-order valence-corrected chi connectivity index (χ0v) is 24.4. The van der Waals surface area contributed by atoms with E-state index in [1.165, 1.54) is 4.57 Å². The molecule has 12 nitrogen and oxygen atoms in total. The summed E-state index contributed by atoms with van der Waals surface area (Å²) < 4.78 is 17.6. The van der Waals surface area contributed by atoms with Gasteiger partial charge in [0.25, 0.3) is 5.91 Å². The minimum Gasteiger partial charge on any atom is -0.467 e. The zero-order chi connectivity index (χ0) is 32.1. The smallest absolute Gasteiger partial charge is 0.408 e. The number of esters is 1. The molecule has 5 rings (SSSR count). The fraction of sp³-hybridized carbons (Fsp3) is 0.303. The van der Waals surface area contributed by atoms with Crippen LogP contribution in [0.1, 0.15) is 33.3 Å². The lowest BCUT2D eigenvalue weighted by molar-refractivity contribution is -0.233. The highest BCUT2D eigenvalue weighted by Gasteiger charge is 2.47. The molecule has 6 atom stereocenters. The summed E-state index contributed by atoms with van der Waals surface area (Å²) in [5.41, 5.74) is 1.80. The van der Waals surface area contributed by atoms with Gasteiger partial charge in [0.2, 0.25) is 0 Å². The van der Waals surface area contributed by atoms with E-state index < -0.39 is 61.1 Å². The summed E-state index contributed by atoms with van der Waals surface area (Å²) in [6.45, 7) is -0.745. The van der Waals surface area contributed by atoms with Gasteiger partial charge in [-0.05, 0) is 29.3 Å². The lowest BCUT2D eigenvalue weighted by Crippen LogP contribution is -2.55. The number of methoxy groups -OCH3 is 1. The maximum absolute atomic E-state index is 14.1. The van der Waals surface area contributed by atoms with Gasteiger partial charge in [0.1, 0.15) is 43.2 Å². The SMILES string of the molecule is COC(=O)[C@H](Cc1c([C@@H]2O[C@@H](CO)[C@H](O)[C@@H](O)[C@@H]2O)n(C(=O)c2ccccc2)c2ccccc12)NC(=O)OCc1ccccc1. The number of ether oxygens (including phenoxy) is 3. The molecular weight excluding hydrogens is 584 g/mol. The number of aliphatic hydroxyl groups excluding tert-OH is 4. The molecule has 5 N–H and O–H groups in total. The normalized spacial score (nSPS) is 22.0. The van der Waals surface area contributed by atoms with E-state index in [0.717, 1.165) is 12.7 Å². The molecule has 0 unspecified atom stereocenters. The molecule has 0 bridgehead atoms. The van der Waals surface area contributed by atoms with Crippen molar-refractivity contribution in [1.29, 1.82) is 0 Å². The van der Waals surface area contributed by atoms with Crippen molar-refractivity contribution >= 4 is 28.9 Å². The van der Waals surface area contributed by atoms with Crippen molar-refractivity contribution in [2.75, 3.05) is 13.7 Å². The predicted octanol–water partition coefficient (Wildman–Crippen LogP) is 1.86. The Hall–Kier alpha value is -4.59. The maximum atomic E-state index is 14.1. The van der Waals surface area contributed by atoms with Crippen LogP contribution >= 0.6 is 0 Å². The third-order valence-corrected chi connectivity index (χ3v) is 7.80. The minimum absolute atomic E-state index is 0.0540. The number of nitrogens with one attached hydrogen (secondary N) is 1. The number of hydrogen-bond acceptors (Lipinski definition) is 10. The lowest BCUT2D eigenvalue weighted by Gasteiger charge is -2.40. The Bertz CT molecular complexity index is 1640. The Balaban J connectivity index is 1.61. The van der Waals surface area contributed by atoms with Crippen molar-refractivity contribution in [2.45, 2.75) is 49.6 Å². The molecule has 2 heterocycles. The number of rotatable bonds is 9. The van der Waals surface area contributed by atoms with Crippen molar-refractivity contribution in [3.05, 3.63) is 107 Å². The highest BCUT2D eigenvalue weighted by Crippen LogP contribution is 2.39. The number of nitrogens with zero attached hydrogens (tertiary/aromatic N) is 1. The second kappa shape index (κ2) is 14.0. The summed E-state index contributed by atoms with van der Waals surface area (Å²) in [6.07, 6.45) is -8.99. The number of aromatic nitrogens is 1. The molecular formula is C33H34N2O10. The molecule has 0 radical (unpaired) electrons. The monoisotopic (exact) mass is 618 g/mol. The van der Waals surface area contributed by atoms with Crippen LogP contribution in [0.5, 0.6) is 0 Å². The number of benzene rings is 3. The molecule has 1 aliphatic heterocycles. The van der Waals surface area contributed by atoms with E-state index in [4.69, 9.17) is 14.2 Å². The molecule has 236 valence electrons. The molecule has 1 fully saturated rings. The predicted molar refractivity (Wildman–Crippen MR) is 160 cm³/mol. The van der Waals surface area contributed by atoms with Gasteiger partial charge in [0, 0.05) is 17.4 Å². The topological polar surface area (TPSA) is 177 Å². The largest absolute Gasteiger partial charge is 0.467 e. The van der Waals surface area contributed by atoms with Gasteiger partial charge in [-0.1, -0.05) is 66.7 Å². The fourth-order valence-corrected chi connectivity index (χ4v) is 5.54. The Morgan fingerprint density at radius 1 is 0.889 bits per heavy atom. The number of alkyl carbamates (subject to hydrolysis) is 1. The Labute approximate surface area is 258 Å². The summed E-state index contributed by atoms with van der Waals surface area (Å²) in [5, 5.41) is 45.3. The highest BCUT2D eigenvalue weighted by atomic mass is 16.6. The number of para-hydroxylation sites is 1. The van der Waals surface area contributed by atoms with Gasteiger partial charge in [0.15, 0.2) is 0 Å². The summed E-state index contributed by atoms with van der Waals surface area (Å²) >= 11 is 0. The highest BCUT2D eigenvalue weighted by molar-refractivity contribution is 6.04. The average molecular weight is 619 g/mol. The standard InChI is InChI=1S/C33H34N2O10/c1-43-32(41)23(34-33(42)44-18-19-10-4-2-5-11-19)16-22-21-14-8-9-15-24(21)35(31(40)20-12-6-3-7-13-20)26(22)30-29(39)28(38)27(37)25(17-36)45-30/h2-15,23,25,27-30,36-39H,16-18H2,1H3,(H,34,42)/t23-,25-,27-,28+,29-,30-/m0/s1. The number of fused-ring (bicyclic) bond motifs is 1. The quantitative estimate of drug-likeness (QED) is 0.174. The Morgan fingerprint density at radius 3 is 2.20 bits per heavy atom. The first-order chi connectivity index (χ1) is 21.7. The summed E-state index contributed by atoms with van der Waals surface area (Å²) in [5.74, 6) is -1.31. The van der Waals surface area contributed by atoms with Crippen LogP contribution in [0.3, 0.4) is 0 Å². The van der Waals surface area contributed by atoms with E-state index in [1.54, 1.807) is 78.9 Å². The van der Waals surface area contributed by atoms with Gasteiger partial charge in [-0.15, -0.1) is 0 Å². The van der Waals surface area contributed by atoms with Gasteiger partial charge < -0.3 is 40.0 Å². The van der Waals surface area contributed by atoms with E-state index in [0.29, 0.717) is 22.0 Å². The number of carbonyl (C=O) groups is 3. The van der Waals surface area contributed by atoms with Crippen LogP contribution in [0.4, 0.5) is 4.79 Å². The third-order valence-electron chi connectivity index (χ3n) is 7.80. The van der Waals surface area contributed by atoms with E-state index in [9.17, 15) is 34.8 Å². The van der Waals surface area contributed by atoms with Gasteiger partial charge in [0.05, 0.1) is 24.9 Å². The van der Waals surface area contributed by atoms with Crippen molar-refractivity contribution in [2.24, 2.45) is 0 Å². The molecule has 1 aliphatic rings. The van der Waals surface area contributed by atoms with E-state index in [2.05, 4.69) is 5.32 Å². The molecule has 1 saturated heterocycles. The number of aliphatic hydroxyl groups is 4. The lowest BCUT2D eigenvalue weighted by atomic mass is 9.90. The molecule has 3 aromatic carbocycles. The van der Waals surface area contributed by atoms with Crippen molar-refractivity contribution in [1.82, 2.24) is 9.88 Å². The second-order valence-electron chi connectivity index (χ2n) is 10.6. The molecule has 0 saturated carbocycles. The summed E-state index contributed by atoms with van der Waals surface area (Å²) in [6, 6.07) is 22.8. The number of carbonyl (C=O) groups excluding carboxylic acids is 3. The maximum Gasteiger partial charge on any atom is 0.408 e. The van der Waals surface area contributed by atoms with Crippen LogP contribution < -0.4 is 5.32 Å². The van der Waals surface area contributed by atoms with Crippen LogP contribution in [0, 0.1) is 0 Å². The molecule has 1 amide bonds. The molecule has 4 aromatic rings. The number of hydrogen-bond donors (Lipinski definition) is 5. The second-order valence-corrected chi connectivity index (χ2v) is 10.6. The van der Waals surface area contributed by atoms with Crippen LogP contribution in [-0.2, 0) is 32.0 Å². The van der Waals surface area contributed by atoms with Crippen molar-refractivity contribution in [3.63, 3.8) is 0 Å². The minimum atomic E-state index is -1.74. The van der Waals surface area contributed by atoms with E-state index in [1.807, 2.05) is 6.07 Å². The molecule has 45 heavy (non-hydrogen) atoms. The van der Waals surface area contributed by atoms with Gasteiger partial charge in [-0.2, -0.15) is 0 Å². The summed E-state index contributed by atoms with van der Waals surface area (Å²) in [4.78, 5) is 40.0. The average Bonchev–Trinajstić information content (AvgIpc) is 3.39. The van der Waals surface area contributed by atoms with Crippen LogP contribution in [0.15, 0.2) is 84.9 Å². The van der Waals surface area contributed by atoms with Crippen LogP contribution in [0.25, 0.3) is 10.9 Å². The Kier molecular flexibility index (Phi) is 9.91. The summed E-state index contributed by atoms with van der Waals surface area (Å²) in [7, 11) is 1.16. The first-order valence-corrected chi connectivity index (χ1v) is 14.3. The molecule has 1 aromatic heterocycles. The molecule has 0 aliphatic carbocycles. The first-order valence-electron chi connectivity index (χ1n) is 14.3. The zero-order valence-electron chi connectivity index (χ0n) is 24.4. The molecule has 12 heteroatoms. The number of amides is 1. The Morgan fingerprint density at radius 2 is 1.53 bits per heavy atom. The van der Waals surface area contributed by atoms with Crippen molar-refractivity contribution in [3.8, 4) is 0 Å². The van der Waals surface area contributed by atoms with Crippen LogP contribution in [-0.4, -0.2) is 87.1 Å². The van der Waals surface area contributed by atoms with Gasteiger partial charge in [-0.25, -0.2) is 9.59 Å².